The molecule has 2 N–H and O–H groups in total. The molecule has 1 rings (SSSR count). The highest BCUT2D eigenvalue weighted by molar-refractivity contribution is 4.80. The van der Waals surface area contributed by atoms with Gasteiger partial charge in [-0.05, 0) is 43.7 Å². The fourth-order valence-electron chi connectivity index (χ4n) is 2.84. The molecule has 0 aromatic carbocycles. The fourth-order valence-corrected chi connectivity index (χ4v) is 2.84. The molecule has 1 atom stereocenters. The van der Waals surface area contributed by atoms with Gasteiger partial charge in [-0.25, -0.2) is 0 Å². The molecule has 1 fully saturated rings. The number of aliphatic hydroxyl groups is 1. The van der Waals surface area contributed by atoms with Gasteiger partial charge in [0.1, 0.15) is 0 Å². The lowest BCUT2D eigenvalue weighted by Gasteiger charge is -2.38. The van der Waals surface area contributed by atoms with E-state index in [1.807, 2.05) is 0 Å². The van der Waals surface area contributed by atoms with Gasteiger partial charge in [-0.1, -0.05) is 20.8 Å². The van der Waals surface area contributed by atoms with Gasteiger partial charge >= 0.3 is 0 Å². The number of likely N-dealkylation sites (tertiary alicyclic amines) is 1. The Morgan fingerprint density at radius 3 is 2.82 bits per heavy atom. The van der Waals surface area contributed by atoms with Crippen LogP contribution >= 0.6 is 0 Å². The second-order valence-electron chi connectivity index (χ2n) is 6.20. The Labute approximate surface area is 107 Å². The molecule has 102 valence electrons. The van der Waals surface area contributed by atoms with Crippen molar-refractivity contribution in [1.29, 1.82) is 0 Å². The Morgan fingerprint density at radius 2 is 2.18 bits per heavy atom. The number of hydrogen-bond acceptors (Lipinski definition) is 3. The SMILES string of the molecule is CCNCC(C)(C)CN1CCCC(CCO)C1. The lowest BCUT2D eigenvalue weighted by atomic mass is 9.89. The molecule has 1 aliphatic rings. The fraction of sp³-hybridized carbons (Fsp3) is 1.00. The molecule has 1 unspecified atom stereocenters. The summed E-state index contributed by atoms with van der Waals surface area (Å²) in [5, 5.41) is 12.5. The minimum atomic E-state index is 0.344. The van der Waals surface area contributed by atoms with Crippen LogP contribution in [0.1, 0.15) is 40.0 Å². The van der Waals surface area contributed by atoms with Crippen LogP contribution in [0.4, 0.5) is 0 Å². The summed E-state index contributed by atoms with van der Waals surface area (Å²) < 4.78 is 0. The van der Waals surface area contributed by atoms with Crippen molar-refractivity contribution < 1.29 is 5.11 Å². The van der Waals surface area contributed by atoms with E-state index in [1.54, 1.807) is 0 Å². The highest BCUT2D eigenvalue weighted by Gasteiger charge is 2.25. The summed E-state index contributed by atoms with van der Waals surface area (Å²) in [5.41, 5.74) is 0.344. The van der Waals surface area contributed by atoms with Crippen LogP contribution in [0.25, 0.3) is 0 Å². The second-order valence-corrected chi connectivity index (χ2v) is 6.20. The van der Waals surface area contributed by atoms with Gasteiger partial charge in [0.15, 0.2) is 0 Å². The molecule has 0 aromatic heterocycles. The number of hydrogen-bond donors (Lipinski definition) is 2. The maximum atomic E-state index is 9.02. The summed E-state index contributed by atoms with van der Waals surface area (Å²) in [6.07, 6.45) is 3.57. The lowest BCUT2D eigenvalue weighted by Crippen LogP contribution is -2.44. The van der Waals surface area contributed by atoms with E-state index in [-0.39, 0.29) is 0 Å². The molecule has 3 nitrogen and oxygen atoms in total. The van der Waals surface area contributed by atoms with Gasteiger partial charge in [0, 0.05) is 26.2 Å². The van der Waals surface area contributed by atoms with E-state index in [2.05, 4.69) is 31.0 Å². The van der Waals surface area contributed by atoms with E-state index < -0.39 is 0 Å². The third kappa shape index (κ3) is 5.84. The molecule has 1 saturated heterocycles. The van der Waals surface area contributed by atoms with Gasteiger partial charge in [0.2, 0.25) is 0 Å². The van der Waals surface area contributed by atoms with Crippen LogP contribution in [-0.2, 0) is 0 Å². The zero-order valence-corrected chi connectivity index (χ0v) is 11.8. The highest BCUT2D eigenvalue weighted by atomic mass is 16.3. The molecule has 0 radical (unpaired) electrons. The van der Waals surface area contributed by atoms with Crippen molar-refractivity contribution in [3.05, 3.63) is 0 Å². The standard InChI is InChI=1S/C14H30N2O/c1-4-15-11-14(2,3)12-16-8-5-6-13(10-16)7-9-17/h13,15,17H,4-12H2,1-3H3. The van der Waals surface area contributed by atoms with Crippen LogP contribution in [0.5, 0.6) is 0 Å². The zero-order valence-electron chi connectivity index (χ0n) is 11.8. The van der Waals surface area contributed by atoms with Crippen molar-refractivity contribution in [2.75, 3.05) is 39.3 Å². The normalized spacial score (nSPS) is 22.9. The van der Waals surface area contributed by atoms with E-state index in [1.165, 1.54) is 32.5 Å². The third-order valence-electron chi connectivity index (χ3n) is 3.65. The predicted octanol–water partition coefficient (Wildman–Crippen LogP) is 1.72. The Kier molecular flexibility index (Phi) is 6.45. The van der Waals surface area contributed by atoms with Crippen LogP contribution in [0.3, 0.4) is 0 Å². The smallest absolute Gasteiger partial charge is 0.0434 e. The van der Waals surface area contributed by atoms with Crippen molar-refractivity contribution in [3.63, 3.8) is 0 Å². The van der Waals surface area contributed by atoms with Crippen molar-refractivity contribution in [1.82, 2.24) is 10.2 Å². The second kappa shape index (κ2) is 7.34. The van der Waals surface area contributed by atoms with E-state index in [4.69, 9.17) is 5.11 Å². The molecule has 0 aromatic rings. The van der Waals surface area contributed by atoms with Crippen LogP contribution < -0.4 is 5.32 Å². The largest absolute Gasteiger partial charge is 0.396 e. The minimum Gasteiger partial charge on any atom is -0.396 e. The maximum absolute atomic E-state index is 9.02. The van der Waals surface area contributed by atoms with Gasteiger partial charge < -0.3 is 15.3 Å². The summed E-state index contributed by atoms with van der Waals surface area (Å²) in [4.78, 5) is 2.58. The van der Waals surface area contributed by atoms with Crippen molar-refractivity contribution in [2.45, 2.75) is 40.0 Å². The molecule has 0 amide bonds. The van der Waals surface area contributed by atoms with Gasteiger partial charge in [-0.2, -0.15) is 0 Å². The molecule has 17 heavy (non-hydrogen) atoms. The Bertz CT molecular complexity index is 204. The maximum Gasteiger partial charge on any atom is 0.0434 e. The first-order valence-corrected chi connectivity index (χ1v) is 7.11. The summed E-state index contributed by atoms with van der Waals surface area (Å²) in [7, 11) is 0. The number of rotatable bonds is 7. The Balaban J connectivity index is 2.34. The van der Waals surface area contributed by atoms with Crippen LogP contribution in [0.15, 0.2) is 0 Å². The van der Waals surface area contributed by atoms with Crippen molar-refractivity contribution >= 4 is 0 Å². The first-order valence-electron chi connectivity index (χ1n) is 7.11. The quantitative estimate of drug-likeness (QED) is 0.713. The van der Waals surface area contributed by atoms with E-state index in [0.717, 1.165) is 19.5 Å². The first-order chi connectivity index (χ1) is 8.07. The topological polar surface area (TPSA) is 35.5 Å². The van der Waals surface area contributed by atoms with Crippen LogP contribution in [0, 0.1) is 11.3 Å². The van der Waals surface area contributed by atoms with E-state index >= 15 is 0 Å². The van der Waals surface area contributed by atoms with Crippen molar-refractivity contribution in [3.8, 4) is 0 Å². The average molecular weight is 242 g/mol. The summed E-state index contributed by atoms with van der Waals surface area (Å²) in [6.45, 7) is 12.9. The third-order valence-corrected chi connectivity index (χ3v) is 3.65. The molecular weight excluding hydrogens is 212 g/mol. The molecule has 0 aliphatic carbocycles. The molecule has 1 aliphatic heterocycles. The predicted molar refractivity (Wildman–Crippen MR) is 73.2 cm³/mol. The minimum absolute atomic E-state index is 0.344. The number of nitrogens with one attached hydrogen (secondary N) is 1. The molecule has 3 heteroatoms. The number of aliphatic hydroxyl groups excluding tert-OH is 1. The highest BCUT2D eigenvalue weighted by Crippen LogP contribution is 2.23. The average Bonchev–Trinajstić information content (AvgIpc) is 2.27. The molecule has 0 bridgehead atoms. The summed E-state index contributed by atoms with van der Waals surface area (Å²) in [5.74, 6) is 0.712. The lowest BCUT2D eigenvalue weighted by molar-refractivity contribution is 0.107. The van der Waals surface area contributed by atoms with E-state index in [0.29, 0.717) is 17.9 Å². The number of piperidine rings is 1. The number of nitrogens with zero attached hydrogens (tertiary/aromatic N) is 1. The van der Waals surface area contributed by atoms with Crippen molar-refractivity contribution in [2.24, 2.45) is 11.3 Å². The Hall–Kier alpha value is -0.120. The van der Waals surface area contributed by atoms with Gasteiger partial charge in [0.25, 0.3) is 0 Å². The molecule has 0 saturated carbocycles. The monoisotopic (exact) mass is 242 g/mol. The Morgan fingerprint density at radius 1 is 1.41 bits per heavy atom. The van der Waals surface area contributed by atoms with Gasteiger partial charge in [-0.15, -0.1) is 0 Å². The molecule has 0 spiro atoms. The first kappa shape index (κ1) is 14.9. The van der Waals surface area contributed by atoms with E-state index in [9.17, 15) is 0 Å². The summed E-state index contributed by atoms with van der Waals surface area (Å²) >= 11 is 0. The summed E-state index contributed by atoms with van der Waals surface area (Å²) in [6, 6.07) is 0. The molecular formula is C14H30N2O. The van der Waals surface area contributed by atoms with Gasteiger partial charge in [0.05, 0.1) is 0 Å². The van der Waals surface area contributed by atoms with Crippen LogP contribution in [0.2, 0.25) is 0 Å². The zero-order chi connectivity index (χ0) is 12.7. The molecule has 1 heterocycles. The van der Waals surface area contributed by atoms with Gasteiger partial charge in [-0.3, -0.25) is 0 Å². The van der Waals surface area contributed by atoms with Crippen LogP contribution in [-0.4, -0.2) is 49.3 Å².